The van der Waals surface area contributed by atoms with Gasteiger partial charge in [-0.1, -0.05) is 12.8 Å². The number of nitrogens with one attached hydrogen (secondary N) is 2. The first kappa shape index (κ1) is 19.0. The van der Waals surface area contributed by atoms with E-state index in [9.17, 15) is 4.79 Å². The van der Waals surface area contributed by atoms with E-state index in [-0.39, 0.29) is 5.56 Å². The van der Waals surface area contributed by atoms with Crippen molar-refractivity contribution in [3.63, 3.8) is 0 Å². The fourth-order valence-electron chi connectivity index (χ4n) is 4.34. The summed E-state index contributed by atoms with van der Waals surface area (Å²) < 4.78 is 1.09. The molecule has 3 atom stereocenters. The van der Waals surface area contributed by atoms with Crippen molar-refractivity contribution < 1.29 is 4.48 Å². The van der Waals surface area contributed by atoms with Gasteiger partial charge in [0.2, 0.25) is 0 Å². The maximum Gasteiger partial charge on any atom is 0.255 e. The number of fused-ring (bicyclic) bond motifs is 1. The first-order valence-electron chi connectivity index (χ1n) is 10.1. The van der Waals surface area contributed by atoms with Crippen LogP contribution < -0.4 is 10.9 Å². The van der Waals surface area contributed by atoms with E-state index in [1.807, 2.05) is 18.2 Å². The van der Waals surface area contributed by atoms with Crippen LogP contribution in [0.4, 0.5) is 5.69 Å². The van der Waals surface area contributed by atoms with Crippen molar-refractivity contribution >= 4 is 16.5 Å². The molecule has 3 unspecified atom stereocenters. The van der Waals surface area contributed by atoms with E-state index in [2.05, 4.69) is 44.3 Å². The molecule has 4 heteroatoms. The van der Waals surface area contributed by atoms with Crippen LogP contribution in [0.3, 0.4) is 0 Å². The van der Waals surface area contributed by atoms with E-state index in [1.54, 1.807) is 6.20 Å². The van der Waals surface area contributed by atoms with Gasteiger partial charge in [0.1, 0.15) is 0 Å². The molecule has 3 rings (SSSR count). The van der Waals surface area contributed by atoms with Gasteiger partial charge in [0.05, 0.1) is 26.7 Å². The molecule has 1 aromatic heterocycles. The Morgan fingerprint density at radius 3 is 2.77 bits per heavy atom. The summed E-state index contributed by atoms with van der Waals surface area (Å²) in [5, 5.41) is 5.53. The number of hydrogen-bond donors (Lipinski definition) is 2. The summed E-state index contributed by atoms with van der Waals surface area (Å²) in [5.74, 6) is 0.758. The van der Waals surface area contributed by atoms with E-state index in [1.165, 1.54) is 38.6 Å². The number of quaternary nitrogens is 1. The van der Waals surface area contributed by atoms with Crippen LogP contribution in [0, 0.1) is 5.92 Å². The van der Waals surface area contributed by atoms with Gasteiger partial charge in [-0.05, 0) is 62.8 Å². The van der Waals surface area contributed by atoms with Crippen molar-refractivity contribution in [1.29, 1.82) is 0 Å². The molecule has 1 heterocycles. The molecule has 2 N–H and O–H groups in total. The average molecular weight is 357 g/mol. The Morgan fingerprint density at radius 1 is 1.23 bits per heavy atom. The van der Waals surface area contributed by atoms with Crippen LogP contribution in [0.5, 0.6) is 0 Å². The molecule has 1 aliphatic carbocycles. The number of rotatable bonds is 5. The molecule has 0 bridgehead atoms. The van der Waals surface area contributed by atoms with Crippen LogP contribution in [0.2, 0.25) is 0 Å². The molecule has 4 nitrogen and oxygen atoms in total. The van der Waals surface area contributed by atoms with Gasteiger partial charge >= 0.3 is 0 Å². The van der Waals surface area contributed by atoms with Gasteiger partial charge < -0.3 is 14.8 Å². The maximum atomic E-state index is 11.9. The maximum absolute atomic E-state index is 11.9. The number of hydrogen-bond acceptors (Lipinski definition) is 2. The molecule has 0 spiro atoms. The normalized spacial score (nSPS) is 22.8. The Labute approximate surface area is 157 Å². The Morgan fingerprint density at radius 2 is 2.00 bits per heavy atom. The third-order valence-corrected chi connectivity index (χ3v) is 6.71. The van der Waals surface area contributed by atoms with Crippen LogP contribution in [0.1, 0.15) is 46.0 Å². The summed E-state index contributed by atoms with van der Waals surface area (Å²) >= 11 is 0. The van der Waals surface area contributed by atoms with Crippen LogP contribution in [0.25, 0.3) is 10.8 Å². The van der Waals surface area contributed by atoms with Gasteiger partial charge in [-0.2, -0.15) is 0 Å². The summed E-state index contributed by atoms with van der Waals surface area (Å²) in [6.45, 7) is 5.90. The lowest BCUT2D eigenvalue weighted by molar-refractivity contribution is -0.915. The lowest BCUT2D eigenvalue weighted by Crippen LogP contribution is -2.51. The number of nitrogens with zero attached hydrogens (tertiary/aromatic N) is 1. The van der Waals surface area contributed by atoms with Crippen molar-refractivity contribution in [3.8, 4) is 0 Å². The Bertz CT molecular complexity index is 795. The molecule has 26 heavy (non-hydrogen) atoms. The summed E-state index contributed by atoms with van der Waals surface area (Å²) in [6, 6.07) is 9.26. The highest BCUT2D eigenvalue weighted by atomic mass is 16.1. The van der Waals surface area contributed by atoms with Crippen molar-refractivity contribution in [3.05, 3.63) is 40.8 Å². The number of aromatic amines is 1. The second kappa shape index (κ2) is 7.83. The molecule has 142 valence electrons. The number of H-pyrrole nitrogens is 1. The van der Waals surface area contributed by atoms with Crippen LogP contribution >= 0.6 is 0 Å². The molecule has 2 aromatic rings. The molecular formula is C22H34N3O+. The molecule has 1 aliphatic rings. The summed E-state index contributed by atoms with van der Waals surface area (Å²) in [4.78, 5) is 14.6. The first-order chi connectivity index (χ1) is 12.4. The van der Waals surface area contributed by atoms with Gasteiger partial charge in [-0.3, -0.25) is 4.79 Å². The zero-order valence-corrected chi connectivity index (χ0v) is 16.7. The van der Waals surface area contributed by atoms with Crippen molar-refractivity contribution in [2.45, 2.75) is 58.0 Å². The molecule has 0 aliphatic heterocycles. The minimum atomic E-state index is -0.0167. The largest absolute Gasteiger partial charge is 0.382 e. The van der Waals surface area contributed by atoms with Crippen molar-refractivity contribution in [2.24, 2.45) is 5.92 Å². The zero-order valence-electron chi connectivity index (χ0n) is 16.7. The summed E-state index contributed by atoms with van der Waals surface area (Å²) in [5.41, 5.74) is 1.11. The minimum absolute atomic E-state index is 0.0167. The predicted molar refractivity (Wildman–Crippen MR) is 111 cm³/mol. The molecule has 0 amide bonds. The fraction of sp³-hybridized carbons (Fsp3) is 0.591. The second-order valence-corrected chi connectivity index (χ2v) is 8.57. The first-order valence-corrected chi connectivity index (χ1v) is 10.1. The average Bonchev–Trinajstić information content (AvgIpc) is 2.86. The Hall–Kier alpha value is -1.81. The number of benzene rings is 1. The zero-order chi connectivity index (χ0) is 18.7. The third-order valence-electron chi connectivity index (χ3n) is 6.71. The second-order valence-electron chi connectivity index (χ2n) is 8.57. The number of pyridine rings is 1. The minimum Gasteiger partial charge on any atom is -0.382 e. The van der Waals surface area contributed by atoms with Gasteiger partial charge in [-0.15, -0.1) is 0 Å². The smallest absolute Gasteiger partial charge is 0.255 e. The van der Waals surface area contributed by atoms with E-state index in [0.29, 0.717) is 12.1 Å². The molecule has 1 fully saturated rings. The van der Waals surface area contributed by atoms with Gasteiger partial charge in [0, 0.05) is 29.2 Å². The quantitative estimate of drug-likeness (QED) is 0.617. The molecule has 0 saturated heterocycles. The van der Waals surface area contributed by atoms with E-state index < -0.39 is 0 Å². The predicted octanol–water partition coefficient (Wildman–Crippen LogP) is 4.37. The lowest BCUT2D eigenvalue weighted by atomic mass is 9.89. The standard InChI is InChI=1S/C22H33N3O/c1-5-25(3,4)16(2)17-8-6-7-9-19(14-17)24-20-10-11-21-18(15-20)12-13-23-22(21)26/h10-13,15-17,19H,5-9,14H2,1-4H3,(H-,23,24,26)/p+1. The van der Waals surface area contributed by atoms with Crippen molar-refractivity contribution in [1.82, 2.24) is 4.98 Å². The molecular weight excluding hydrogens is 322 g/mol. The van der Waals surface area contributed by atoms with Crippen LogP contribution in [0.15, 0.2) is 35.3 Å². The SMILES string of the molecule is CC[N+](C)(C)C(C)C1CCCCC(Nc2ccc3c(=O)[nH]ccc3c2)C1. The fourth-order valence-corrected chi connectivity index (χ4v) is 4.34. The highest BCUT2D eigenvalue weighted by molar-refractivity contribution is 5.84. The number of anilines is 1. The molecule has 1 saturated carbocycles. The van der Waals surface area contributed by atoms with E-state index in [0.717, 1.165) is 26.9 Å². The van der Waals surface area contributed by atoms with Crippen molar-refractivity contribution in [2.75, 3.05) is 26.0 Å². The molecule has 1 aromatic carbocycles. The Balaban J connectivity index is 1.75. The lowest BCUT2D eigenvalue weighted by Gasteiger charge is -2.40. The van der Waals surface area contributed by atoms with Crippen LogP contribution in [-0.4, -0.2) is 42.2 Å². The van der Waals surface area contributed by atoms with Gasteiger partial charge in [-0.25, -0.2) is 0 Å². The van der Waals surface area contributed by atoms with Gasteiger partial charge in [0.25, 0.3) is 5.56 Å². The third kappa shape index (κ3) is 4.12. The monoisotopic (exact) mass is 356 g/mol. The topological polar surface area (TPSA) is 44.9 Å². The highest BCUT2D eigenvalue weighted by Gasteiger charge is 2.33. The molecule has 0 radical (unpaired) electrons. The van der Waals surface area contributed by atoms with Crippen LogP contribution in [-0.2, 0) is 0 Å². The van der Waals surface area contributed by atoms with E-state index in [4.69, 9.17) is 0 Å². The summed E-state index contributed by atoms with van der Waals surface area (Å²) in [7, 11) is 4.72. The Kier molecular flexibility index (Phi) is 5.71. The van der Waals surface area contributed by atoms with E-state index >= 15 is 0 Å². The number of aromatic nitrogens is 1. The van der Waals surface area contributed by atoms with Gasteiger partial charge in [0.15, 0.2) is 0 Å². The summed E-state index contributed by atoms with van der Waals surface area (Å²) in [6.07, 6.45) is 8.17. The highest BCUT2D eigenvalue weighted by Crippen LogP contribution is 2.31.